The molecule has 1 heterocycles. The summed E-state index contributed by atoms with van der Waals surface area (Å²) in [5.74, 6) is -6.30. The van der Waals surface area contributed by atoms with E-state index in [9.17, 15) is 29.4 Å². The fraction of sp³-hybridized carbons (Fsp3) is 0.629. The van der Waals surface area contributed by atoms with E-state index in [1.165, 1.54) is 39.8 Å². The summed E-state index contributed by atoms with van der Waals surface area (Å²) in [6.07, 6.45) is -9.86. The third-order valence-corrected chi connectivity index (χ3v) is 11.7. The van der Waals surface area contributed by atoms with E-state index >= 15 is 4.79 Å². The fourth-order valence-corrected chi connectivity index (χ4v) is 8.77. The van der Waals surface area contributed by atoms with Crippen LogP contribution in [0.5, 0.6) is 0 Å². The first kappa shape index (κ1) is 43.8. The number of halogens is 6. The molecule has 20 heteroatoms. The third-order valence-electron chi connectivity index (χ3n) is 11.1. The molecule has 1 saturated heterocycles. The molecule has 0 aromatic heterocycles. The minimum absolute atomic E-state index is 0.0436. The van der Waals surface area contributed by atoms with Crippen molar-refractivity contribution in [2.45, 2.75) is 90.7 Å². The molecule has 304 valence electrons. The SMILES string of the molecule is CC(=O)O[C@@]12CO[C@@H]1C[C@H](OC(=O)OCC(Cl)(Cl)Cl)[C@@]1(C)C(=O)C(OC(=O)OCC(Cl)(Cl)Cl)=C3C(C)[C@@H](O)C[C@@](O)([C@@H](OC(=O)c4ccccc4)[C@H]21)C3(C)C. The van der Waals surface area contributed by atoms with Crippen LogP contribution < -0.4 is 0 Å². The zero-order chi connectivity index (χ0) is 41.1. The molecule has 55 heavy (non-hydrogen) atoms. The van der Waals surface area contributed by atoms with Crippen LogP contribution in [0.1, 0.15) is 57.8 Å². The second kappa shape index (κ2) is 15.5. The molecule has 1 unspecified atom stereocenters. The second-order valence-corrected chi connectivity index (χ2v) is 19.8. The van der Waals surface area contributed by atoms with Crippen LogP contribution in [-0.4, -0.2) is 103 Å². The van der Waals surface area contributed by atoms with Gasteiger partial charge in [0, 0.05) is 31.1 Å². The molecule has 2 bridgehead atoms. The minimum atomic E-state index is -2.37. The summed E-state index contributed by atoms with van der Waals surface area (Å²) in [4.78, 5) is 69.2. The monoisotopic (exact) mass is 892 g/mol. The van der Waals surface area contributed by atoms with Crippen LogP contribution in [-0.2, 0) is 42.7 Å². The molecular formula is C35H38Cl6O14. The van der Waals surface area contributed by atoms with Crippen molar-refractivity contribution in [2.24, 2.45) is 22.7 Å². The van der Waals surface area contributed by atoms with Gasteiger partial charge in [0.2, 0.25) is 13.4 Å². The molecule has 3 fully saturated rings. The Kier molecular flexibility index (Phi) is 12.3. The summed E-state index contributed by atoms with van der Waals surface area (Å²) < 4.78 is 35.5. The van der Waals surface area contributed by atoms with Crippen molar-refractivity contribution in [3.63, 3.8) is 0 Å². The number of fused-ring (bicyclic) bond motifs is 5. The van der Waals surface area contributed by atoms with E-state index < -0.39 is 121 Å². The van der Waals surface area contributed by atoms with Gasteiger partial charge in [-0.1, -0.05) is 109 Å². The standard InChI is InChI=1S/C35H38Cl6O14/c1-16-19(43)12-33(48)26(54-27(45)18-9-7-6-8-10-18)24-31(5,25(44)23(22(16)30(33,3)4)53-29(47)51-15-35(39,40)41)20(52-28(46)50-14-34(36,37)38)11-21-32(24,13-49-21)55-17(2)42/h6-10,16,19-21,24,26,43,48H,11-15H2,1-5H3/t16?,19-,20-,21+,24-,26-,31+,32-,33+/m0/s1. The number of ketones is 1. The number of allylic oxidation sites excluding steroid dienone is 1. The summed E-state index contributed by atoms with van der Waals surface area (Å²) >= 11 is 34.7. The van der Waals surface area contributed by atoms with Crippen molar-refractivity contribution in [1.82, 2.24) is 0 Å². The molecular weight excluding hydrogens is 857 g/mol. The average Bonchev–Trinajstić information content (AvgIpc) is 3.07. The normalized spacial score (nSPS) is 34.0. The molecule has 14 nitrogen and oxygen atoms in total. The number of esters is 2. The highest BCUT2D eigenvalue weighted by Gasteiger charge is 2.78. The smallest absolute Gasteiger partial charge is 0.455 e. The molecule has 5 rings (SSSR count). The third kappa shape index (κ3) is 8.22. The summed E-state index contributed by atoms with van der Waals surface area (Å²) in [5.41, 5.74) is -8.26. The van der Waals surface area contributed by atoms with Gasteiger partial charge < -0.3 is 43.4 Å². The van der Waals surface area contributed by atoms with E-state index in [1.54, 1.807) is 18.2 Å². The van der Waals surface area contributed by atoms with Crippen LogP contribution >= 0.6 is 69.6 Å². The average molecular weight is 895 g/mol. The molecule has 2 saturated carbocycles. The van der Waals surface area contributed by atoms with Gasteiger partial charge in [-0.3, -0.25) is 9.59 Å². The first-order chi connectivity index (χ1) is 25.3. The first-order valence-electron chi connectivity index (χ1n) is 16.9. The van der Waals surface area contributed by atoms with Gasteiger partial charge in [-0.15, -0.1) is 0 Å². The van der Waals surface area contributed by atoms with E-state index in [2.05, 4.69) is 0 Å². The van der Waals surface area contributed by atoms with Crippen molar-refractivity contribution in [2.75, 3.05) is 19.8 Å². The number of hydrogen-bond donors (Lipinski definition) is 2. The van der Waals surface area contributed by atoms with Crippen LogP contribution in [0, 0.1) is 22.7 Å². The molecule has 1 aliphatic heterocycles. The zero-order valence-electron chi connectivity index (χ0n) is 29.9. The Labute approximate surface area is 345 Å². The van der Waals surface area contributed by atoms with Crippen LogP contribution in [0.2, 0.25) is 0 Å². The highest BCUT2D eigenvalue weighted by Crippen LogP contribution is 2.65. The van der Waals surface area contributed by atoms with Gasteiger partial charge in [-0.05, 0) is 24.6 Å². The quantitative estimate of drug-likeness (QED) is 0.175. The second-order valence-electron chi connectivity index (χ2n) is 14.7. The van der Waals surface area contributed by atoms with Gasteiger partial charge >= 0.3 is 24.2 Å². The van der Waals surface area contributed by atoms with Crippen molar-refractivity contribution >= 4 is 99.6 Å². The Bertz CT molecular complexity index is 1740. The maximum absolute atomic E-state index is 15.6. The Hall–Kier alpha value is -2.27. The number of benzene rings is 1. The van der Waals surface area contributed by atoms with Gasteiger partial charge in [-0.2, -0.15) is 0 Å². The lowest BCUT2D eigenvalue weighted by atomic mass is 9.45. The molecule has 9 atom stereocenters. The van der Waals surface area contributed by atoms with Crippen molar-refractivity contribution in [1.29, 1.82) is 0 Å². The molecule has 0 amide bonds. The van der Waals surface area contributed by atoms with Crippen LogP contribution in [0.3, 0.4) is 0 Å². The number of aliphatic hydroxyl groups is 2. The first-order valence-corrected chi connectivity index (χ1v) is 19.1. The van der Waals surface area contributed by atoms with E-state index in [4.69, 9.17) is 103 Å². The summed E-state index contributed by atoms with van der Waals surface area (Å²) in [6, 6.07) is 7.71. The number of alkyl halides is 6. The number of aliphatic hydroxyl groups excluding tert-OH is 1. The largest absolute Gasteiger partial charge is 0.514 e. The van der Waals surface area contributed by atoms with E-state index in [0.29, 0.717) is 0 Å². The van der Waals surface area contributed by atoms with E-state index in [-0.39, 0.29) is 24.2 Å². The van der Waals surface area contributed by atoms with Gasteiger partial charge in [-0.25, -0.2) is 14.4 Å². The maximum atomic E-state index is 15.6. The summed E-state index contributed by atoms with van der Waals surface area (Å²) in [6.45, 7) is 4.94. The number of carbonyl (C=O) groups excluding carboxylic acids is 5. The highest BCUT2D eigenvalue weighted by molar-refractivity contribution is 6.68. The number of ether oxygens (including phenoxy) is 7. The van der Waals surface area contributed by atoms with E-state index in [0.717, 1.165) is 6.92 Å². The Morgan fingerprint density at radius 3 is 2.04 bits per heavy atom. The molecule has 0 radical (unpaired) electrons. The summed E-state index contributed by atoms with van der Waals surface area (Å²) in [5, 5.41) is 24.8. The zero-order valence-corrected chi connectivity index (χ0v) is 34.5. The number of hydrogen-bond acceptors (Lipinski definition) is 14. The lowest BCUT2D eigenvalue weighted by Gasteiger charge is -2.67. The van der Waals surface area contributed by atoms with E-state index in [1.807, 2.05) is 0 Å². The number of carbonyl (C=O) groups is 5. The Morgan fingerprint density at radius 1 is 0.927 bits per heavy atom. The number of rotatable bonds is 7. The predicted molar refractivity (Wildman–Crippen MR) is 196 cm³/mol. The molecule has 0 spiro atoms. The van der Waals surface area contributed by atoms with Crippen molar-refractivity contribution < 1.29 is 67.3 Å². The van der Waals surface area contributed by atoms with Gasteiger partial charge in [0.25, 0.3) is 0 Å². The van der Waals surface area contributed by atoms with Crippen molar-refractivity contribution in [3.05, 3.63) is 47.2 Å². The van der Waals surface area contributed by atoms with Crippen LogP contribution in [0.15, 0.2) is 41.7 Å². The van der Waals surface area contributed by atoms with Crippen LogP contribution in [0.25, 0.3) is 0 Å². The lowest BCUT2D eigenvalue weighted by molar-refractivity contribution is -0.345. The van der Waals surface area contributed by atoms with Gasteiger partial charge in [0.15, 0.2) is 11.4 Å². The molecule has 1 aromatic rings. The molecule has 3 aliphatic carbocycles. The topological polar surface area (TPSA) is 190 Å². The number of Topliss-reactive ketones (excluding diaryl/α,β-unsaturated/α-hetero) is 1. The molecule has 1 aromatic carbocycles. The highest BCUT2D eigenvalue weighted by atomic mass is 35.6. The predicted octanol–water partition coefficient (Wildman–Crippen LogP) is 6.35. The lowest BCUT2D eigenvalue weighted by Crippen LogP contribution is -2.81. The molecule has 2 N–H and O–H groups in total. The maximum Gasteiger partial charge on any atom is 0.514 e. The summed E-state index contributed by atoms with van der Waals surface area (Å²) in [7, 11) is 0. The Balaban J connectivity index is 1.82. The van der Waals surface area contributed by atoms with Crippen molar-refractivity contribution in [3.8, 4) is 0 Å². The molecule has 4 aliphatic rings. The van der Waals surface area contributed by atoms with Crippen LogP contribution in [0.4, 0.5) is 9.59 Å². The Morgan fingerprint density at radius 2 is 1.51 bits per heavy atom. The van der Waals surface area contributed by atoms with Gasteiger partial charge in [0.05, 0.1) is 29.6 Å². The fourth-order valence-electron chi connectivity index (χ4n) is 8.44. The minimum Gasteiger partial charge on any atom is -0.455 e. The van der Waals surface area contributed by atoms with Gasteiger partial charge in [0.1, 0.15) is 37.1 Å².